The normalized spacial score (nSPS) is 9.94. The van der Waals surface area contributed by atoms with Crippen LogP contribution in [-0.2, 0) is 6.42 Å². The lowest BCUT2D eigenvalue weighted by Gasteiger charge is -1.98. The van der Waals surface area contributed by atoms with E-state index >= 15 is 0 Å². The van der Waals surface area contributed by atoms with Crippen LogP contribution < -0.4 is 9.30 Å². The van der Waals surface area contributed by atoms with Gasteiger partial charge in [0.1, 0.15) is 5.75 Å². The van der Waals surface area contributed by atoms with Crippen molar-refractivity contribution in [3.63, 3.8) is 0 Å². The minimum atomic E-state index is 0.0406. The third-order valence-corrected chi connectivity index (χ3v) is 2.52. The first-order valence-corrected chi connectivity index (χ1v) is 5.42. The predicted molar refractivity (Wildman–Crippen MR) is 64.0 cm³/mol. The zero-order chi connectivity index (χ0) is 12.1. The molecule has 0 aliphatic heterocycles. The number of hydrogen-bond acceptors (Lipinski definition) is 2. The van der Waals surface area contributed by atoms with Gasteiger partial charge in [-0.2, -0.15) is 0 Å². The summed E-state index contributed by atoms with van der Waals surface area (Å²) in [6, 6.07) is 13.2. The maximum Gasteiger partial charge on any atom is 0.396 e. The molecule has 0 fully saturated rings. The maximum atomic E-state index is 11.9. The van der Waals surface area contributed by atoms with Crippen molar-refractivity contribution in [3.05, 3.63) is 60.4 Å². The summed E-state index contributed by atoms with van der Waals surface area (Å²) in [5.74, 6) is 0.785. The van der Waals surface area contributed by atoms with E-state index in [0.717, 1.165) is 11.3 Å². The van der Waals surface area contributed by atoms with Crippen LogP contribution in [0.5, 0.6) is 5.75 Å². The Balaban J connectivity index is 2.09. The molecule has 0 bridgehead atoms. The number of rotatable bonds is 3. The number of carbonyl (C=O) groups is 1. The van der Waals surface area contributed by atoms with Gasteiger partial charge in [-0.25, -0.2) is 4.79 Å². The highest BCUT2D eigenvalue weighted by molar-refractivity contribution is 5.70. The average Bonchev–Trinajstić information content (AvgIpc) is 2.40. The van der Waals surface area contributed by atoms with Gasteiger partial charge in [-0.05, 0) is 5.56 Å². The topological polar surface area (TPSA) is 30.2 Å². The molecule has 0 radical (unpaired) electrons. The number of nitrogens with zero attached hydrogens (tertiary/aromatic N) is 1. The lowest BCUT2D eigenvalue weighted by atomic mass is 10.1. The summed E-state index contributed by atoms with van der Waals surface area (Å²) in [5, 5.41) is 0. The van der Waals surface area contributed by atoms with E-state index in [9.17, 15) is 4.79 Å². The Bertz CT molecular complexity index is 491. The second-order valence-electron chi connectivity index (χ2n) is 3.70. The summed E-state index contributed by atoms with van der Waals surface area (Å²) >= 11 is 0. The standard InChI is InChI=1S/C14H14NO2/c1-17-13-7-9-15(10-8-13)14(16)11-12-5-3-2-4-6-12/h2-10H,11H2,1H3/q+1. The largest absolute Gasteiger partial charge is 0.496 e. The van der Waals surface area contributed by atoms with Gasteiger partial charge in [0.15, 0.2) is 12.4 Å². The van der Waals surface area contributed by atoms with Gasteiger partial charge in [0.25, 0.3) is 0 Å². The van der Waals surface area contributed by atoms with Crippen LogP contribution in [0.25, 0.3) is 0 Å². The fourth-order valence-electron chi connectivity index (χ4n) is 1.58. The monoisotopic (exact) mass is 228 g/mol. The summed E-state index contributed by atoms with van der Waals surface area (Å²) in [4.78, 5) is 11.9. The molecule has 0 spiro atoms. The number of methoxy groups -OCH3 is 1. The molecule has 0 N–H and O–H groups in total. The van der Waals surface area contributed by atoms with Crippen LogP contribution in [0.2, 0.25) is 0 Å². The van der Waals surface area contributed by atoms with Gasteiger partial charge in [-0.1, -0.05) is 30.3 Å². The smallest absolute Gasteiger partial charge is 0.396 e. The number of pyridine rings is 1. The molecule has 1 aromatic carbocycles. The van der Waals surface area contributed by atoms with Gasteiger partial charge >= 0.3 is 5.91 Å². The Morgan fingerprint density at radius 3 is 2.35 bits per heavy atom. The number of aromatic nitrogens is 1. The average molecular weight is 228 g/mol. The van der Waals surface area contributed by atoms with E-state index in [1.165, 1.54) is 0 Å². The summed E-state index contributed by atoms with van der Waals surface area (Å²) in [6.07, 6.45) is 3.83. The van der Waals surface area contributed by atoms with Crippen LogP contribution in [0.1, 0.15) is 10.4 Å². The molecular formula is C14H14NO2+. The van der Waals surface area contributed by atoms with E-state index < -0.39 is 0 Å². The molecule has 3 heteroatoms. The van der Waals surface area contributed by atoms with Crippen molar-refractivity contribution in [1.29, 1.82) is 0 Å². The number of carbonyl (C=O) groups excluding carboxylic acids is 1. The summed E-state index contributed by atoms with van der Waals surface area (Å²) < 4.78 is 6.61. The molecule has 0 amide bonds. The molecule has 0 saturated heterocycles. The summed E-state index contributed by atoms with van der Waals surface area (Å²) in [7, 11) is 1.60. The van der Waals surface area contributed by atoms with Gasteiger partial charge in [-0.15, -0.1) is 4.57 Å². The number of benzene rings is 1. The van der Waals surface area contributed by atoms with Crippen LogP contribution in [0.15, 0.2) is 54.9 Å². The van der Waals surface area contributed by atoms with Gasteiger partial charge in [0.05, 0.1) is 13.5 Å². The van der Waals surface area contributed by atoms with Crippen LogP contribution in [0.4, 0.5) is 0 Å². The van der Waals surface area contributed by atoms with Crippen LogP contribution in [0, 0.1) is 0 Å². The van der Waals surface area contributed by atoms with Crippen LogP contribution >= 0.6 is 0 Å². The number of ether oxygens (including phenoxy) is 1. The molecule has 1 heterocycles. The van der Waals surface area contributed by atoms with E-state index in [-0.39, 0.29) is 5.91 Å². The van der Waals surface area contributed by atoms with E-state index in [1.54, 1.807) is 36.2 Å². The first-order valence-electron chi connectivity index (χ1n) is 5.42. The first kappa shape index (κ1) is 11.3. The van der Waals surface area contributed by atoms with Crippen LogP contribution in [0.3, 0.4) is 0 Å². The highest BCUT2D eigenvalue weighted by Gasteiger charge is 2.14. The third kappa shape index (κ3) is 2.91. The van der Waals surface area contributed by atoms with Gasteiger partial charge < -0.3 is 4.74 Å². The zero-order valence-electron chi connectivity index (χ0n) is 9.67. The van der Waals surface area contributed by atoms with E-state index in [1.807, 2.05) is 30.3 Å². The van der Waals surface area contributed by atoms with E-state index in [2.05, 4.69) is 0 Å². The SMILES string of the molecule is COc1cc[n+](C(=O)Cc2ccccc2)cc1. The van der Waals surface area contributed by atoms with Crippen molar-refractivity contribution >= 4 is 5.91 Å². The summed E-state index contributed by atoms with van der Waals surface area (Å²) in [6.45, 7) is 0. The second-order valence-corrected chi connectivity index (χ2v) is 3.70. The molecule has 3 nitrogen and oxygen atoms in total. The lowest BCUT2D eigenvalue weighted by molar-refractivity contribution is -0.574. The van der Waals surface area contributed by atoms with Crippen molar-refractivity contribution < 1.29 is 14.1 Å². The Morgan fingerprint density at radius 2 is 1.76 bits per heavy atom. The molecular weight excluding hydrogens is 214 g/mol. The quantitative estimate of drug-likeness (QED) is 0.751. The number of hydrogen-bond donors (Lipinski definition) is 0. The molecule has 0 aliphatic rings. The fourth-order valence-corrected chi connectivity index (χ4v) is 1.58. The molecule has 0 saturated carbocycles. The van der Waals surface area contributed by atoms with Crippen molar-refractivity contribution in [3.8, 4) is 5.75 Å². The molecule has 2 rings (SSSR count). The van der Waals surface area contributed by atoms with Gasteiger partial charge in [0, 0.05) is 12.1 Å². The molecule has 0 unspecified atom stereocenters. The zero-order valence-corrected chi connectivity index (χ0v) is 9.67. The molecule has 17 heavy (non-hydrogen) atoms. The third-order valence-electron chi connectivity index (χ3n) is 2.52. The van der Waals surface area contributed by atoms with Crippen molar-refractivity contribution in [2.45, 2.75) is 6.42 Å². The van der Waals surface area contributed by atoms with E-state index in [4.69, 9.17) is 4.74 Å². The Morgan fingerprint density at radius 1 is 1.12 bits per heavy atom. The van der Waals surface area contributed by atoms with Gasteiger partial charge in [0.2, 0.25) is 0 Å². The second kappa shape index (κ2) is 5.25. The molecule has 1 aromatic heterocycles. The first-order chi connectivity index (χ1) is 8.29. The van der Waals surface area contributed by atoms with Crippen molar-refractivity contribution in [1.82, 2.24) is 0 Å². The highest BCUT2D eigenvalue weighted by atomic mass is 16.5. The molecule has 86 valence electrons. The highest BCUT2D eigenvalue weighted by Crippen LogP contribution is 2.04. The molecule has 0 atom stereocenters. The van der Waals surface area contributed by atoms with Gasteiger partial charge in [-0.3, -0.25) is 0 Å². The van der Waals surface area contributed by atoms with Crippen molar-refractivity contribution in [2.24, 2.45) is 0 Å². The van der Waals surface area contributed by atoms with E-state index in [0.29, 0.717) is 6.42 Å². The fraction of sp³-hybridized carbons (Fsp3) is 0.143. The Labute approximate surface area is 100 Å². The minimum absolute atomic E-state index is 0.0406. The Hall–Kier alpha value is -2.16. The van der Waals surface area contributed by atoms with Crippen molar-refractivity contribution in [2.75, 3.05) is 7.11 Å². The lowest BCUT2D eigenvalue weighted by Crippen LogP contribution is -2.42. The summed E-state index contributed by atoms with van der Waals surface area (Å²) in [5.41, 5.74) is 1.01. The maximum absolute atomic E-state index is 11.9. The predicted octanol–water partition coefficient (Wildman–Crippen LogP) is 1.87. The Kier molecular flexibility index (Phi) is 3.50. The minimum Gasteiger partial charge on any atom is -0.496 e. The molecule has 2 aromatic rings. The van der Waals surface area contributed by atoms with Crippen LogP contribution in [-0.4, -0.2) is 13.0 Å². The molecule has 0 aliphatic carbocycles.